The quantitative estimate of drug-likeness (QED) is 0.726. The molecule has 0 spiro atoms. The standard InChI is InChI=1S/C12H7F2NO/c13-8-4-3-5-9(14)11(8)12(16)10-6-1-2-7-15-10/h1-7H. The molecular formula is C12H7F2NO. The van der Waals surface area contributed by atoms with Crippen molar-refractivity contribution in [1.82, 2.24) is 4.98 Å². The fourth-order valence-electron chi connectivity index (χ4n) is 1.34. The summed E-state index contributed by atoms with van der Waals surface area (Å²) in [5, 5.41) is 0. The Kier molecular flexibility index (Phi) is 2.72. The molecule has 4 heteroatoms. The fraction of sp³-hybridized carbons (Fsp3) is 0. The Morgan fingerprint density at radius 2 is 1.69 bits per heavy atom. The van der Waals surface area contributed by atoms with Crippen molar-refractivity contribution in [3.8, 4) is 0 Å². The number of carbonyl (C=O) groups excluding carboxylic acids is 1. The first kappa shape index (κ1) is 10.4. The van der Waals surface area contributed by atoms with Gasteiger partial charge in [-0.25, -0.2) is 8.78 Å². The molecule has 1 aromatic heterocycles. The Hall–Kier alpha value is -2.10. The lowest BCUT2D eigenvalue weighted by atomic mass is 10.1. The molecular weight excluding hydrogens is 212 g/mol. The summed E-state index contributed by atoms with van der Waals surface area (Å²) in [6.07, 6.45) is 1.39. The minimum atomic E-state index is -0.879. The Morgan fingerprint density at radius 1 is 1.00 bits per heavy atom. The van der Waals surface area contributed by atoms with Gasteiger partial charge in [0.05, 0.1) is 5.56 Å². The smallest absolute Gasteiger partial charge is 0.217 e. The van der Waals surface area contributed by atoms with Crippen LogP contribution in [0.2, 0.25) is 0 Å². The van der Waals surface area contributed by atoms with E-state index < -0.39 is 23.0 Å². The van der Waals surface area contributed by atoms with Crippen LogP contribution < -0.4 is 0 Å². The number of hydrogen-bond acceptors (Lipinski definition) is 2. The van der Waals surface area contributed by atoms with Gasteiger partial charge in [0, 0.05) is 6.20 Å². The van der Waals surface area contributed by atoms with Gasteiger partial charge in [-0.1, -0.05) is 12.1 Å². The van der Waals surface area contributed by atoms with E-state index in [9.17, 15) is 13.6 Å². The highest BCUT2D eigenvalue weighted by Crippen LogP contribution is 2.15. The lowest BCUT2D eigenvalue weighted by Gasteiger charge is -2.02. The number of carbonyl (C=O) groups is 1. The SMILES string of the molecule is O=C(c1ccccn1)c1c(F)cccc1F. The van der Waals surface area contributed by atoms with Gasteiger partial charge in [0.25, 0.3) is 0 Å². The Bertz CT molecular complexity index is 506. The highest BCUT2D eigenvalue weighted by atomic mass is 19.1. The number of benzene rings is 1. The first-order valence-corrected chi connectivity index (χ1v) is 4.60. The predicted molar refractivity (Wildman–Crippen MR) is 54.0 cm³/mol. The van der Waals surface area contributed by atoms with Crippen molar-refractivity contribution in [2.75, 3.05) is 0 Å². The summed E-state index contributed by atoms with van der Waals surface area (Å²) in [6, 6.07) is 7.90. The van der Waals surface area contributed by atoms with E-state index in [1.165, 1.54) is 18.3 Å². The number of pyridine rings is 1. The van der Waals surface area contributed by atoms with Crippen LogP contribution in [0.4, 0.5) is 8.78 Å². The molecule has 0 aliphatic rings. The van der Waals surface area contributed by atoms with Crippen molar-refractivity contribution >= 4 is 5.78 Å². The lowest BCUT2D eigenvalue weighted by Crippen LogP contribution is -2.08. The van der Waals surface area contributed by atoms with E-state index in [0.717, 1.165) is 12.1 Å². The minimum absolute atomic E-state index is 0.0199. The van der Waals surface area contributed by atoms with Gasteiger partial charge in [0.2, 0.25) is 5.78 Å². The summed E-state index contributed by atoms with van der Waals surface area (Å²) in [4.78, 5) is 15.5. The third kappa shape index (κ3) is 1.82. The molecule has 0 aliphatic carbocycles. The minimum Gasteiger partial charge on any atom is -0.287 e. The lowest BCUT2D eigenvalue weighted by molar-refractivity contribution is 0.102. The molecule has 80 valence electrons. The van der Waals surface area contributed by atoms with Crippen molar-refractivity contribution in [3.05, 3.63) is 65.5 Å². The summed E-state index contributed by atoms with van der Waals surface area (Å²) in [5.74, 6) is -2.51. The first-order chi connectivity index (χ1) is 7.70. The average Bonchev–Trinajstić information content (AvgIpc) is 2.30. The van der Waals surface area contributed by atoms with E-state index in [4.69, 9.17) is 0 Å². The largest absolute Gasteiger partial charge is 0.287 e. The highest BCUT2D eigenvalue weighted by Gasteiger charge is 2.19. The third-order valence-corrected chi connectivity index (χ3v) is 2.09. The second-order valence-corrected chi connectivity index (χ2v) is 3.14. The van der Waals surface area contributed by atoms with Crippen LogP contribution in [0.3, 0.4) is 0 Å². The number of ketones is 1. The molecule has 0 bridgehead atoms. The van der Waals surface area contributed by atoms with Crippen molar-refractivity contribution in [2.24, 2.45) is 0 Å². The first-order valence-electron chi connectivity index (χ1n) is 4.60. The van der Waals surface area contributed by atoms with Crippen LogP contribution in [0.25, 0.3) is 0 Å². The summed E-state index contributed by atoms with van der Waals surface area (Å²) in [5.41, 5.74) is -0.548. The predicted octanol–water partition coefficient (Wildman–Crippen LogP) is 2.59. The third-order valence-electron chi connectivity index (χ3n) is 2.09. The summed E-state index contributed by atoms with van der Waals surface area (Å²) in [6.45, 7) is 0. The maximum atomic E-state index is 13.3. The van der Waals surface area contributed by atoms with E-state index >= 15 is 0 Å². The van der Waals surface area contributed by atoms with Crippen molar-refractivity contribution < 1.29 is 13.6 Å². The van der Waals surface area contributed by atoms with Gasteiger partial charge in [-0.15, -0.1) is 0 Å². The van der Waals surface area contributed by atoms with E-state index in [1.54, 1.807) is 12.1 Å². The van der Waals surface area contributed by atoms with Crippen molar-refractivity contribution in [2.45, 2.75) is 0 Å². The fourth-order valence-corrected chi connectivity index (χ4v) is 1.34. The molecule has 0 unspecified atom stereocenters. The zero-order valence-corrected chi connectivity index (χ0v) is 8.15. The van der Waals surface area contributed by atoms with Crippen LogP contribution in [0.1, 0.15) is 16.1 Å². The molecule has 0 radical (unpaired) electrons. The molecule has 0 atom stereocenters. The number of nitrogens with zero attached hydrogens (tertiary/aromatic N) is 1. The van der Waals surface area contributed by atoms with Crippen LogP contribution >= 0.6 is 0 Å². The number of rotatable bonds is 2. The van der Waals surface area contributed by atoms with Crippen LogP contribution in [0.15, 0.2) is 42.6 Å². The molecule has 0 saturated heterocycles. The van der Waals surface area contributed by atoms with Gasteiger partial charge in [0.1, 0.15) is 17.3 Å². The average molecular weight is 219 g/mol. The molecule has 0 fully saturated rings. The number of halogens is 2. The van der Waals surface area contributed by atoms with Gasteiger partial charge < -0.3 is 0 Å². The molecule has 0 N–H and O–H groups in total. The number of aromatic nitrogens is 1. The second-order valence-electron chi connectivity index (χ2n) is 3.14. The van der Waals surface area contributed by atoms with E-state index in [-0.39, 0.29) is 5.69 Å². The van der Waals surface area contributed by atoms with Crippen molar-refractivity contribution in [3.63, 3.8) is 0 Å². The maximum Gasteiger partial charge on any atom is 0.217 e. The topological polar surface area (TPSA) is 30.0 Å². The van der Waals surface area contributed by atoms with E-state index in [0.29, 0.717) is 0 Å². The van der Waals surface area contributed by atoms with E-state index in [1.807, 2.05) is 0 Å². The Morgan fingerprint density at radius 3 is 2.25 bits per heavy atom. The number of hydrogen-bond donors (Lipinski definition) is 0. The van der Waals surface area contributed by atoms with E-state index in [2.05, 4.69) is 4.98 Å². The molecule has 1 aromatic carbocycles. The molecule has 2 nitrogen and oxygen atoms in total. The van der Waals surface area contributed by atoms with Gasteiger partial charge in [-0.05, 0) is 24.3 Å². The molecule has 0 amide bonds. The Labute approximate surface area is 90.6 Å². The summed E-state index contributed by atoms with van der Waals surface area (Å²) < 4.78 is 26.6. The Balaban J connectivity index is 2.50. The van der Waals surface area contributed by atoms with Gasteiger partial charge in [-0.2, -0.15) is 0 Å². The monoisotopic (exact) mass is 219 g/mol. The molecule has 1 heterocycles. The molecule has 0 aliphatic heterocycles. The second kappa shape index (κ2) is 4.18. The zero-order chi connectivity index (χ0) is 11.5. The molecule has 2 rings (SSSR count). The highest BCUT2D eigenvalue weighted by molar-refractivity contribution is 6.07. The van der Waals surface area contributed by atoms with Crippen LogP contribution in [0.5, 0.6) is 0 Å². The molecule has 16 heavy (non-hydrogen) atoms. The van der Waals surface area contributed by atoms with Gasteiger partial charge >= 0.3 is 0 Å². The maximum absolute atomic E-state index is 13.3. The van der Waals surface area contributed by atoms with Crippen LogP contribution in [-0.2, 0) is 0 Å². The zero-order valence-electron chi connectivity index (χ0n) is 8.15. The van der Waals surface area contributed by atoms with Crippen LogP contribution in [0, 0.1) is 11.6 Å². The summed E-state index contributed by atoms with van der Waals surface area (Å²) >= 11 is 0. The van der Waals surface area contributed by atoms with Gasteiger partial charge in [-0.3, -0.25) is 9.78 Å². The normalized spacial score (nSPS) is 10.1. The molecule has 0 saturated carbocycles. The molecule has 2 aromatic rings. The van der Waals surface area contributed by atoms with Crippen LogP contribution in [-0.4, -0.2) is 10.8 Å². The summed E-state index contributed by atoms with van der Waals surface area (Å²) in [7, 11) is 0. The van der Waals surface area contributed by atoms with Crippen molar-refractivity contribution in [1.29, 1.82) is 0 Å². The van der Waals surface area contributed by atoms with Gasteiger partial charge in [0.15, 0.2) is 0 Å².